The van der Waals surface area contributed by atoms with Crippen LogP contribution in [-0.2, 0) is 0 Å². The Labute approximate surface area is 175 Å². The number of methoxy groups -OCH3 is 4. The van der Waals surface area contributed by atoms with E-state index in [4.69, 9.17) is 18.9 Å². The van der Waals surface area contributed by atoms with Gasteiger partial charge in [-0.25, -0.2) is 4.68 Å². The number of benzene rings is 2. The summed E-state index contributed by atoms with van der Waals surface area (Å²) in [6.07, 6.45) is 1.70. The molecule has 0 radical (unpaired) electrons. The summed E-state index contributed by atoms with van der Waals surface area (Å²) < 4.78 is 23.1. The third-order valence-electron chi connectivity index (χ3n) is 3.83. The third-order valence-corrected chi connectivity index (χ3v) is 3.83. The first-order valence-corrected chi connectivity index (χ1v) is 7.57. The number of nitrogens with zero attached hydrogens (tertiary/aromatic N) is 3. The van der Waals surface area contributed by atoms with Crippen LogP contribution in [0.15, 0.2) is 42.6 Å². The van der Waals surface area contributed by atoms with Gasteiger partial charge in [-0.05, 0) is 24.3 Å². The zero-order chi connectivity index (χ0) is 17.8. The molecule has 0 spiro atoms. The number of hydrogen-bond donors (Lipinski definition) is 0. The smallest absolute Gasteiger partial charge is 1.00 e. The predicted octanol–water partition coefficient (Wildman–Crippen LogP) is 0.0852. The first kappa shape index (κ1) is 20.1. The van der Waals surface area contributed by atoms with Crippen molar-refractivity contribution in [2.75, 3.05) is 28.4 Å². The summed E-state index contributed by atoms with van der Waals surface area (Å²) in [4.78, 5) is 0. The van der Waals surface area contributed by atoms with Gasteiger partial charge in [0.1, 0.15) is 5.75 Å². The Bertz CT molecular complexity index is 846. The van der Waals surface area contributed by atoms with Gasteiger partial charge in [-0.15, -0.1) is 5.10 Å². The van der Waals surface area contributed by atoms with Crippen molar-refractivity contribution < 1.29 is 49.9 Å². The van der Waals surface area contributed by atoms with Gasteiger partial charge in [0.05, 0.1) is 46.0 Å². The SMILES string of the molecule is COc1ccc(-c2cnnn2-c2cc(OC)c(OC)c(OC)c2)cc1.[H-].[Na+]. The zero-order valence-corrected chi connectivity index (χ0v) is 17.5. The molecular formula is C18H20N3NaO4. The zero-order valence-electron chi connectivity index (χ0n) is 16.5. The fraction of sp³-hybridized carbons (Fsp3) is 0.222. The van der Waals surface area contributed by atoms with Crippen LogP contribution in [0.3, 0.4) is 0 Å². The molecule has 1 aromatic heterocycles. The molecule has 0 aliphatic rings. The molecule has 0 unspecified atom stereocenters. The molecule has 26 heavy (non-hydrogen) atoms. The van der Waals surface area contributed by atoms with E-state index in [9.17, 15) is 0 Å². The quantitative estimate of drug-likeness (QED) is 0.577. The molecule has 2 aromatic carbocycles. The van der Waals surface area contributed by atoms with E-state index in [1.807, 2.05) is 36.4 Å². The van der Waals surface area contributed by atoms with Crippen molar-refractivity contribution in [3.8, 4) is 39.9 Å². The molecule has 0 amide bonds. The molecule has 1 heterocycles. The Balaban J connectivity index is 0.00000182. The normalized spacial score (nSPS) is 10.0. The predicted molar refractivity (Wildman–Crippen MR) is 94.1 cm³/mol. The van der Waals surface area contributed by atoms with Crippen molar-refractivity contribution in [2.45, 2.75) is 0 Å². The van der Waals surface area contributed by atoms with Crippen LogP contribution in [0.4, 0.5) is 0 Å². The van der Waals surface area contributed by atoms with E-state index in [2.05, 4.69) is 10.3 Å². The Hall–Kier alpha value is -2.22. The second-order valence-electron chi connectivity index (χ2n) is 5.14. The van der Waals surface area contributed by atoms with Gasteiger partial charge in [0.2, 0.25) is 5.75 Å². The van der Waals surface area contributed by atoms with E-state index < -0.39 is 0 Å². The number of hydrogen-bond acceptors (Lipinski definition) is 6. The molecule has 0 aliphatic heterocycles. The van der Waals surface area contributed by atoms with Crippen LogP contribution in [0.5, 0.6) is 23.0 Å². The first-order valence-electron chi connectivity index (χ1n) is 7.57. The van der Waals surface area contributed by atoms with Gasteiger partial charge >= 0.3 is 29.6 Å². The Kier molecular flexibility index (Phi) is 6.90. The van der Waals surface area contributed by atoms with Gasteiger partial charge in [-0.3, -0.25) is 0 Å². The minimum Gasteiger partial charge on any atom is -1.00 e. The number of aromatic nitrogens is 3. The van der Waals surface area contributed by atoms with E-state index >= 15 is 0 Å². The van der Waals surface area contributed by atoms with Gasteiger partial charge < -0.3 is 20.4 Å². The summed E-state index contributed by atoms with van der Waals surface area (Å²) in [7, 11) is 6.36. The monoisotopic (exact) mass is 365 g/mol. The summed E-state index contributed by atoms with van der Waals surface area (Å²) in [5.74, 6) is 2.41. The molecule has 3 rings (SSSR count). The minimum absolute atomic E-state index is 0. The molecule has 0 saturated carbocycles. The maximum Gasteiger partial charge on any atom is 1.00 e. The summed E-state index contributed by atoms with van der Waals surface area (Å²) in [6, 6.07) is 11.3. The van der Waals surface area contributed by atoms with Gasteiger partial charge in [-0.1, -0.05) is 5.21 Å². The van der Waals surface area contributed by atoms with Crippen LogP contribution in [0.2, 0.25) is 0 Å². The van der Waals surface area contributed by atoms with E-state index in [0.717, 1.165) is 22.7 Å². The molecule has 0 fully saturated rings. The molecule has 3 aromatic rings. The second-order valence-corrected chi connectivity index (χ2v) is 5.14. The third kappa shape index (κ3) is 3.80. The van der Waals surface area contributed by atoms with Gasteiger partial charge in [0, 0.05) is 17.7 Å². The maximum absolute atomic E-state index is 5.41. The molecule has 7 nitrogen and oxygen atoms in total. The standard InChI is InChI=1S/C18H19N3O4.Na.H/c1-22-14-7-5-12(6-8-14)15-11-19-20-21(15)13-9-16(23-2)18(25-4)17(10-13)24-3;;/h5-11H,1-4H3;;/q;+1;-1. The van der Waals surface area contributed by atoms with Gasteiger partial charge in [-0.2, -0.15) is 0 Å². The van der Waals surface area contributed by atoms with Gasteiger partial charge in [0.15, 0.2) is 11.5 Å². The van der Waals surface area contributed by atoms with Crippen LogP contribution in [-0.4, -0.2) is 43.4 Å². The van der Waals surface area contributed by atoms with Crippen LogP contribution < -0.4 is 48.5 Å². The molecular weight excluding hydrogens is 345 g/mol. The average molecular weight is 365 g/mol. The first-order chi connectivity index (χ1) is 12.2. The Morgan fingerprint density at radius 1 is 0.846 bits per heavy atom. The van der Waals surface area contributed by atoms with E-state index in [1.54, 1.807) is 39.3 Å². The van der Waals surface area contributed by atoms with Crippen molar-refractivity contribution in [2.24, 2.45) is 0 Å². The molecule has 0 saturated heterocycles. The molecule has 0 atom stereocenters. The van der Waals surface area contributed by atoms with Crippen molar-refractivity contribution in [1.82, 2.24) is 15.0 Å². The second kappa shape index (κ2) is 8.93. The summed E-state index contributed by atoms with van der Waals surface area (Å²) in [5.41, 5.74) is 2.54. The van der Waals surface area contributed by atoms with Crippen LogP contribution >= 0.6 is 0 Å². The maximum atomic E-state index is 5.41. The summed E-state index contributed by atoms with van der Waals surface area (Å²) in [5, 5.41) is 8.24. The van der Waals surface area contributed by atoms with Crippen LogP contribution in [0, 0.1) is 0 Å². The fourth-order valence-corrected chi connectivity index (χ4v) is 2.57. The van der Waals surface area contributed by atoms with Crippen LogP contribution in [0.1, 0.15) is 1.43 Å². The van der Waals surface area contributed by atoms with Gasteiger partial charge in [0.25, 0.3) is 0 Å². The minimum atomic E-state index is 0. The van der Waals surface area contributed by atoms with E-state index in [1.165, 1.54) is 0 Å². The van der Waals surface area contributed by atoms with E-state index in [0.29, 0.717) is 17.2 Å². The molecule has 0 bridgehead atoms. The van der Waals surface area contributed by atoms with Crippen LogP contribution in [0.25, 0.3) is 16.9 Å². The summed E-state index contributed by atoms with van der Waals surface area (Å²) >= 11 is 0. The fourth-order valence-electron chi connectivity index (χ4n) is 2.57. The van der Waals surface area contributed by atoms with Crippen molar-refractivity contribution >= 4 is 0 Å². The van der Waals surface area contributed by atoms with Crippen molar-refractivity contribution in [3.63, 3.8) is 0 Å². The van der Waals surface area contributed by atoms with Crippen molar-refractivity contribution in [1.29, 1.82) is 0 Å². The Morgan fingerprint density at radius 3 is 1.96 bits per heavy atom. The number of ether oxygens (including phenoxy) is 4. The van der Waals surface area contributed by atoms with E-state index in [-0.39, 0.29) is 31.0 Å². The summed E-state index contributed by atoms with van der Waals surface area (Å²) in [6.45, 7) is 0. The largest absolute Gasteiger partial charge is 1.00 e. The number of rotatable bonds is 6. The van der Waals surface area contributed by atoms with Crippen molar-refractivity contribution in [3.05, 3.63) is 42.6 Å². The Morgan fingerprint density at radius 2 is 1.46 bits per heavy atom. The molecule has 8 heteroatoms. The molecule has 132 valence electrons. The molecule has 0 N–H and O–H groups in total. The topological polar surface area (TPSA) is 67.6 Å². The molecule has 0 aliphatic carbocycles. The average Bonchev–Trinajstić information content (AvgIpc) is 3.16.